The van der Waals surface area contributed by atoms with Gasteiger partial charge in [-0.2, -0.15) is 0 Å². The summed E-state index contributed by atoms with van der Waals surface area (Å²) < 4.78 is 2.67. The van der Waals surface area contributed by atoms with Crippen molar-refractivity contribution in [3.63, 3.8) is 0 Å². The zero-order chi connectivity index (χ0) is 34.1. The monoisotopic (exact) mass is 671 g/mol. The highest BCUT2D eigenvalue weighted by atomic mass is 32.1. The summed E-state index contributed by atoms with van der Waals surface area (Å²) in [7, 11) is 0. The molecule has 2 atom stereocenters. The van der Waals surface area contributed by atoms with Crippen LogP contribution in [0.25, 0.3) is 53.6 Å². The summed E-state index contributed by atoms with van der Waals surface area (Å²) in [5, 5.41) is 2.66. The van der Waals surface area contributed by atoms with Gasteiger partial charge in [0.1, 0.15) is 0 Å². The van der Waals surface area contributed by atoms with E-state index >= 15 is 0 Å². The first-order valence-corrected chi connectivity index (χ1v) is 18.7. The normalized spacial score (nSPS) is 18.0. The molecule has 10 rings (SSSR count). The molecule has 0 spiro atoms. The van der Waals surface area contributed by atoms with Crippen LogP contribution in [-0.2, 0) is 5.41 Å². The van der Waals surface area contributed by atoms with Gasteiger partial charge in [-0.05, 0) is 99.1 Å². The quantitative estimate of drug-likeness (QED) is 0.176. The number of hydrogen-bond acceptors (Lipinski definition) is 2. The summed E-state index contributed by atoms with van der Waals surface area (Å²) >= 11 is 1.87. The molecule has 0 radical (unpaired) electrons. The molecule has 3 aliphatic rings. The highest BCUT2D eigenvalue weighted by molar-refractivity contribution is 7.25. The van der Waals surface area contributed by atoms with Crippen LogP contribution in [0.4, 0.5) is 11.4 Å². The SMILES string of the molecule is CC1(C)c2ccccc2-c2ccc(-c3ccc(N(C4=CC=CC5C=CC=CC45)c4cccc(-c5ccc6sc7ccccc7c6c5)c4)cc3)cc21. The second-order valence-corrected chi connectivity index (χ2v) is 15.6. The number of benzene rings is 6. The molecule has 0 amide bonds. The second-order valence-electron chi connectivity index (χ2n) is 14.5. The molecule has 1 nitrogen and oxygen atoms in total. The molecule has 7 aromatic rings. The summed E-state index contributed by atoms with van der Waals surface area (Å²) in [6.45, 7) is 4.71. The van der Waals surface area contributed by atoms with Gasteiger partial charge < -0.3 is 4.90 Å². The van der Waals surface area contributed by atoms with E-state index in [-0.39, 0.29) is 11.3 Å². The first-order chi connectivity index (χ1) is 25.0. The molecule has 1 heterocycles. The van der Waals surface area contributed by atoms with Crippen LogP contribution in [0.5, 0.6) is 0 Å². The van der Waals surface area contributed by atoms with Gasteiger partial charge in [0.15, 0.2) is 0 Å². The smallest absolute Gasteiger partial charge is 0.0464 e. The van der Waals surface area contributed by atoms with Gasteiger partial charge in [0.25, 0.3) is 0 Å². The molecular formula is C49H37NS. The molecule has 0 fully saturated rings. The Bertz CT molecular complexity index is 2630. The zero-order valence-corrected chi connectivity index (χ0v) is 29.6. The molecule has 2 heteroatoms. The summed E-state index contributed by atoms with van der Waals surface area (Å²) in [5.74, 6) is 0.602. The van der Waals surface area contributed by atoms with Gasteiger partial charge in [-0.1, -0.05) is 135 Å². The fourth-order valence-corrected chi connectivity index (χ4v) is 9.67. The minimum Gasteiger partial charge on any atom is -0.314 e. The summed E-state index contributed by atoms with van der Waals surface area (Å²) in [4.78, 5) is 2.47. The number of rotatable bonds is 5. The Morgan fingerprint density at radius 3 is 2.14 bits per heavy atom. The van der Waals surface area contributed by atoms with Crippen LogP contribution in [0.1, 0.15) is 25.0 Å². The van der Waals surface area contributed by atoms with Crippen molar-refractivity contribution in [2.24, 2.45) is 11.8 Å². The summed E-state index contributed by atoms with van der Waals surface area (Å²) in [5.41, 5.74) is 14.1. The highest BCUT2D eigenvalue weighted by Crippen LogP contribution is 2.50. The van der Waals surface area contributed by atoms with Crippen molar-refractivity contribution < 1.29 is 0 Å². The van der Waals surface area contributed by atoms with Crippen LogP contribution in [0.2, 0.25) is 0 Å². The molecule has 244 valence electrons. The van der Waals surface area contributed by atoms with E-state index in [1.165, 1.54) is 70.4 Å². The van der Waals surface area contributed by atoms with E-state index in [1.807, 2.05) is 11.3 Å². The Labute approximate surface area is 303 Å². The molecule has 0 bridgehead atoms. The van der Waals surface area contributed by atoms with Crippen molar-refractivity contribution in [2.45, 2.75) is 19.3 Å². The number of anilines is 2. The maximum atomic E-state index is 2.47. The standard InChI is InChI=1S/C49H37NS/c1-49(2)44-18-7-5-16-40(44)41-27-23-36(31-45(41)49)32-21-25-37(26-22-32)50(46-19-10-12-33-11-3-4-15-39(33)46)38-14-9-13-34(29-38)35-24-28-48-43(30-35)42-17-6-8-20-47(42)51-48/h3-31,33,39H,1-2H3. The molecular weight excluding hydrogens is 635 g/mol. The Morgan fingerprint density at radius 2 is 1.22 bits per heavy atom. The lowest BCUT2D eigenvalue weighted by molar-refractivity contribution is 0.612. The van der Waals surface area contributed by atoms with Gasteiger partial charge in [0.2, 0.25) is 0 Å². The fourth-order valence-electron chi connectivity index (χ4n) is 8.59. The van der Waals surface area contributed by atoms with Gasteiger partial charge in [0.05, 0.1) is 0 Å². The fraction of sp³-hybridized carbons (Fsp3) is 0.102. The minimum atomic E-state index is -0.0236. The highest BCUT2D eigenvalue weighted by Gasteiger charge is 2.35. The average Bonchev–Trinajstić information content (AvgIpc) is 3.67. The van der Waals surface area contributed by atoms with E-state index in [2.05, 4.69) is 195 Å². The largest absolute Gasteiger partial charge is 0.314 e. The van der Waals surface area contributed by atoms with Crippen LogP contribution < -0.4 is 4.90 Å². The van der Waals surface area contributed by atoms with Gasteiger partial charge in [0, 0.05) is 54.5 Å². The first-order valence-electron chi connectivity index (χ1n) is 17.9. The van der Waals surface area contributed by atoms with Crippen molar-refractivity contribution in [2.75, 3.05) is 4.90 Å². The van der Waals surface area contributed by atoms with Gasteiger partial charge in [-0.15, -0.1) is 11.3 Å². The topological polar surface area (TPSA) is 3.24 Å². The van der Waals surface area contributed by atoms with E-state index in [0.29, 0.717) is 5.92 Å². The van der Waals surface area contributed by atoms with Crippen LogP contribution in [0.3, 0.4) is 0 Å². The van der Waals surface area contributed by atoms with Crippen molar-refractivity contribution in [1.82, 2.24) is 0 Å². The third kappa shape index (κ3) is 4.89. The second kappa shape index (κ2) is 11.7. The predicted molar refractivity (Wildman–Crippen MR) is 219 cm³/mol. The Kier molecular flexibility index (Phi) is 6.91. The van der Waals surface area contributed by atoms with E-state index in [9.17, 15) is 0 Å². The zero-order valence-electron chi connectivity index (χ0n) is 28.8. The predicted octanol–water partition coefficient (Wildman–Crippen LogP) is 13.6. The van der Waals surface area contributed by atoms with Crippen LogP contribution in [0, 0.1) is 11.8 Å². The van der Waals surface area contributed by atoms with E-state index in [0.717, 1.165) is 11.4 Å². The summed E-state index contributed by atoms with van der Waals surface area (Å²) in [6.07, 6.45) is 15.9. The average molecular weight is 672 g/mol. The lowest BCUT2D eigenvalue weighted by atomic mass is 9.81. The van der Waals surface area contributed by atoms with Crippen LogP contribution in [0.15, 0.2) is 182 Å². The van der Waals surface area contributed by atoms with Gasteiger partial charge >= 0.3 is 0 Å². The third-order valence-corrected chi connectivity index (χ3v) is 12.4. The van der Waals surface area contributed by atoms with Crippen molar-refractivity contribution in [3.8, 4) is 33.4 Å². The van der Waals surface area contributed by atoms with Gasteiger partial charge in [-0.3, -0.25) is 0 Å². The molecule has 6 aromatic carbocycles. The molecule has 1 aromatic heterocycles. The van der Waals surface area contributed by atoms with Crippen LogP contribution >= 0.6 is 11.3 Å². The molecule has 2 unspecified atom stereocenters. The molecule has 0 saturated carbocycles. The first kappa shape index (κ1) is 30.2. The lowest BCUT2D eigenvalue weighted by Crippen LogP contribution is -2.27. The Hall–Kier alpha value is -5.70. The number of nitrogens with zero attached hydrogens (tertiary/aromatic N) is 1. The maximum Gasteiger partial charge on any atom is 0.0464 e. The number of hydrogen-bond donors (Lipinski definition) is 0. The van der Waals surface area contributed by atoms with Crippen LogP contribution in [-0.4, -0.2) is 0 Å². The van der Waals surface area contributed by atoms with E-state index in [1.54, 1.807) is 0 Å². The van der Waals surface area contributed by atoms with E-state index in [4.69, 9.17) is 0 Å². The van der Waals surface area contributed by atoms with Gasteiger partial charge in [-0.25, -0.2) is 0 Å². The Morgan fingerprint density at radius 1 is 0.510 bits per heavy atom. The molecule has 0 saturated heterocycles. The van der Waals surface area contributed by atoms with E-state index < -0.39 is 0 Å². The molecule has 3 aliphatic carbocycles. The maximum absolute atomic E-state index is 2.47. The molecule has 51 heavy (non-hydrogen) atoms. The van der Waals surface area contributed by atoms with Crippen molar-refractivity contribution in [3.05, 3.63) is 193 Å². The molecule has 0 aliphatic heterocycles. The Balaban J connectivity index is 1.05. The van der Waals surface area contributed by atoms with Crippen molar-refractivity contribution in [1.29, 1.82) is 0 Å². The third-order valence-electron chi connectivity index (χ3n) is 11.2. The minimum absolute atomic E-state index is 0.0236. The summed E-state index contributed by atoms with van der Waals surface area (Å²) in [6, 6.07) is 49.8. The number of fused-ring (bicyclic) bond motifs is 7. The number of thiophene rings is 1. The number of allylic oxidation sites excluding steroid dienone is 7. The lowest BCUT2D eigenvalue weighted by Gasteiger charge is -2.36. The molecule has 0 N–H and O–H groups in total. The van der Waals surface area contributed by atoms with Crippen molar-refractivity contribution >= 4 is 42.9 Å².